The zero-order valence-corrected chi connectivity index (χ0v) is 15.8. The van der Waals surface area contributed by atoms with Gasteiger partial charge < -0.3 is 19.5 Å². The summed E-state index contributed by atoms with van der Waals surface area (Å²) in [4.78, 5) is 23.0. The number of ether oxygens (including phenoxy) is 3. The van der Waals surface area contributed by atoms with Crippen LogP contribution in [0.4, 0.5) is 32.0 Å². The topological polar surface area (TPSA) is 73.9 Å². The van der Waals surface area contributed by atoms with Crippen LogP contribution in [0, 0.1) is 17.5 Å². The second-order valence-corrected chi connectivity index (χ2v) is 5.71. The number of alkyl halides is 3. The van der Waals surface area contributed by atoms with Gasteiger partial charge >= 0.3 is 18.1 Å². The van der Waals surface area contributed by atoms with Crippen LogP contribution in [0.15, 0.2) is 42.1 Å². The number of carbonyl (C=O) groups excluding carboxylic acids is 2. The minimum atomic E-state index is -4.99. The lowest BCUT2D eigenvalue weighted by atomic mass is 10.2. The first-order valence-corrected chi connectivity index (χ1v) is 8.15. The number of methoxy groups -OCH3 is 2. The molecule has 0 aliphatic carbocycles. The number of rotatable bonds is 6. The van der Waals surface area contributed by atoms with Gasteiger partial charge in [0, 0.05) is 11.8 Å². The van der Waals surface area contributed by atoms with Crippen LogP contribution in [-0.4, -0.2) is 26.2 Å². The molecule has 0 saturated heterocycles. The number of halogens is 6. The number of nitrogens with one attached hydrogen (secondary N) is 1. The SMILES string of the molecule is COC(=O)/C=C(/Nc1ccc(Oc2c(F)cc(C(F)(F)F)cc2F)c(F)c1)C(=O)OC. The number of hydrogen-bond acceptors (Lipinski definition) is 6. The van der Waals surface area contributed by atoms with Crippen LogP contribution in [0.1, 0.15) is 5.56 Å². The molecule has 1 N–H and O–H groups in total. The molecule has 0 saturated carbocycles. The lowest BCUT2D eigenvalue weighted by Gasteiger charge is -2.13. The number of anilines is 1. The highest BCUT2D eigenvalue weighted by Gasteiger charge is 2.33. The zero-order valence-electron chi connectivity index (χ0n) is 15.8. The standard InChI is InChI=1S/C19H13F6NO5/c1-29-16(27)8-14(18(28)30-2)26-10-3-4-15(11(20)7-10)31-17-12(21)5-9(6-13(17)22)19(23,24)25/h3-8,26H,1-2H3/b14-8+. The molecule has 2 aromatic rings. The maximum atomic E-state index is 14.3. The summed E-state index contributed by atoms with van der Waals surface area (Å²) in [7, 11) is 2.08. The molecule has 6 nitrogen and oxygen atoms in total. The first-order valence-electron chi connectivity index (χ1n) is 8.15. The van der Waals surface area contributed by atoms with E-state index in [9.17, 15) is 35.9 Å². The molecule has 12 heteroatoms. The molecular weight excluding hydrogens is 436 g/mol. The molecule has 0 spiro atoms. The van der Waals surface area contributed by atoms with Gasteiger partial charge in [-0.25, -0.2) is 22.8 Å². The van der Waals surface area contributed by atoms with Crippen LogP contribution in [0.5, 0.6) is 11.5 Å². The van der Waals surface area contributed by atoms with Crippen LogP contribution in [0.3, 0.4) is 0 Å². The fourth-order valence-electron chi connectivity index (χ4n) is 2.18. The van der Waals surface area contributed by atoms with Crippen LogP contribution >= 0.6 is 0 Å². The van der Waals surface area contributed by atoms with Gasteiger partial charge in [-0.15, -0.1) is 0 Å². The van der Waals surface area contributed by atoms with E-state index < -0.39 is 58.3 Å². The molecule has 2 rings (SSSR count). The zero-order chi connectivity index (χ0) is 23.3. The van der Waals surface area contributed by atoms with Crippen molar-refractivity contribution in [1.82, 2.24) is 0 Å². The van der Waals surface area contributed by atoms with E-state index in [4.69, 9.17) is 4.74 Å². The summed E-state index contributed by atoms with van der Waals surface area (Å²) in [6.07, 6.45) is -4.26. The van der Waals surface area contributed by atoms with Crippen LogP contribution in [0.25, 0.3) is 0 Å². The molecule has 0 radical (unpaired) electrons. The van der Waals surface area contributed by atoms with Crippen molar-refractivity contribution in [2.45, 2.75) is 6.18 Å². The Morgan fingerprint density at radius 3 is 2.03 bits per heavy atom. The first-order chi connectivity index (χ1) is 14.5. The molecular formula is C19H13F6NO5. The Hall–Kier alpha value is -3.70. The van der Waals surface area contributed by atoms with Gasteiger partial charge in [0.25, 0.3) is 0 Å². The summed E-state index contributed by atoms with van der Waals surface area (Å²) >= 11 is 0. The Morgan fingerprint density at radius 2 is 1.55 bits per heavy atom. The molecule has 0 amide bonds. The van der Waals surface area contributed by atoms with E-state index >= 15 is 0 Å². The van der Waals surface area contributed by atoms with Crippen LogP contribution in [0.2, 0.25) is 0 Å². The van der Waals surface area contributed by atoms with Crippen molar-refractivity contribution in [3.05, 3.63) is 65.1 Å². The predicted molar refractivity (Wildman–Crippen MR) is 93.6 cm³/mol. The highest BCUT2D eigenvalue weighted by atomic mass is 19.4. The molecule has 0 heterocycles. The molecule has 0 fully saturated rings. The predicted octanol–water partition coefficient (Wildman–Crippen LogP) is 4.56. The van der Waals surface area contributed by atoms with E-state index in [-0.39, 0.29) is 17.8 Å². The van der Waals surface area contributed by atoms with Crippen molar-refractivity contribution in [3.8, 4) is 11.5 Å². The van der Waals surface area contributed by atoms with E-state index in [1.54, 1.807) is 0 Å². The maximum Gasteiger partial charge on any atom is 0.416 e. The van der Waals surface area contributed by atoms with E-state index in [1.165, 1.54) is 0 Å². The van der Waals surface area contributed by atoms with Gasteiger partial charge in [0.1, 0.15) is 5.70 Å². The summed E-state index contributed by atoms with van der Waals surface area (Å²) in [6.45, 7) is 0. The molecule has 166 valence electrons. The summed E-state index contributed by atoms with van der Waals surface area (Å²) < 4.78 is 93.5. The van der Waals surface area contributed by atoms with Crippen molar-refractivity contribution in [2.24, 2.45) is 0 Å². The number of esters is 2. The molecule has 0 aliphatic heterocycles. The van der Waals surface area contributed by atoms with Gasteiger partial charge in [-0.2, -0.15) is 13.2 Å². The van der Waals surface area contributed by atoms with Crippen molar-refractivity contribution in [2.75, 3.05) is 19.5 Å². The fraction of sp³-hybridized carbons (Fsp3) is 0.158. The number of benzene rings is 2. The summed E-state index contributed by atoms with van der Waals surface area (Å²) in [6, 6.07) is 2.75. The molecule has 0 aliphatic rings. The largest absolute Gasteiger partial charge is 0.466 e. The van der Waals surface area contributed by atoms with Gasteiger partial charge in [0.2, 0.25) is 0 Å². The van der Waals surface area contributed by atoms with Crippen molar-refractivity contribution >= 4 is 17.6 Å². The van der Waals surface area contributed by atoms with Crippen molar-refractivity contribution in [3.63, 3.8) is 0 Å². The lowest BCUT2D eigenvalue weighted by molar-refractivity contribution is -0.138. The molecule has 31 heavy (non-hydrogen) atoms. The Morgan fingerprint density at radius 1 is 0.935 bits per heavy atom. The smallest absolute Gasteiger partial charge is 0.416 e. The van der Waals surface area contributed by atoms with Gasteiger partial charge in [-0.05, 0) is 24.3 Å². The Kier molecular flexibility index (Phi) is 7.16. The van der Waals surface area contributed by atoms with Crippen molar-refractivity contribution < 1.29 is 50.1 Å². The average Bonchev–Trinajstić information content (AvgIpc) is 2.69. The minimum Gasteiger partial charge on any atom is -0.466 e. The highest BCUT2D eigenvalue weighted by Crippen LogP contribution is 2.36. The number of carbonyl (C=O) groups is 2. The second-order valence-electron chi connectivity index (χ2n) is 5.71. The third-order valence-corrected chi connectivity index (χ3v) is 3.62. The third kappa shape index (κ3) is 5.90. The van der Waals surface area contributed by atoms with E-state index in [1.807, 2.05) is 0 Å². The second kappa shape index (κ2) is 9.41. The lowest BCUT2D eigenvalue weighted by Crippen LogP contribution is -2.15. The normalized spacial score (nSPS) is 11.7. The van der Waals surface area contributed by atoms with Crippen LogP contribution in [-0.2, 0) is 25.2 Å². The Labute approximate surface area is 171 Å². The molecule has 2 aromatic carbocycles. The monoisotopic (exact) mass is 449 g/mol. The summed E-state index contributed by atoms with van der Waals surface area (Å²) in [5.41, 5.74) is -2.09. The van der Waals surface area contributed by atoms with E-state index in [0.29, 0.717) is 0 Å². The maximum absolute atomic E-state index is 14.3. The highest BCUT2D eigenvalue weighted by molar-refractivity contribution is 5.98. The molecule has 0 bridgehead atoms. The Balaban J connectivity index is 2.30. The average molecular weight is 449 g/mol. The van der Waals surface area contributed by atoms with Crippen LogP contribution < -0.4 is 10.1 Å². The minimum absolute atomic E-state index is 0.00644. The first kappa shape index (κ1) is 23.6. The summed E-state index contributed by atoms with van der Waals surface area (Å²) in [5.74, 6) is -8.44. The van der Waals surface area contributed by atoms with Gasteiger partial charge in [0.05, 0.1) is 25.9 Å². The van der Waals surface area contributed by atoms with E-state index in [2.05, 4.69) is 14.8 Å². The summed E-state index contributed by atoms with van der Waals surface area (Å²) in [5, 5.41) is 2.39. The fourth-order valence-corrected chi connectivity index (χ4v) is 2.18. The molecule has 0 atom stereocenters. The quantitative estimate of drug-likeness (QED) is 0.396. The van der Waals surface area contributed by atoms with Gasteiger partial charge in [-0.1, -0.05) is 0 Å². The Bertz CT molecular complexity index is 1010. The molecule has 0 aromatic heterocycles. The van der Waals surface area contributed by atoms with Crippen molar-refractivity contribution in [1.29, 1.82) is 0 Å². The molecule has 0 unspecified atom stereocenters. The van der Waals surface area contributed by atoms with Gasteiger partial charge in [0.15, 0.2) is 29.0 Å². The number of hydrogen-bond donors (Lipinski definition) is 1. The van der Waals surface area contributed by atoms with E-state index in [0.717, 1.165) is 38.5 Å². The third-order valence-electron chi connectivity index (χ3n) is 3.62. The van der Waals surface area contributed by atoms with Gasteiger partial charge in [-0.3, -0.25) is 0 Å².